The smallest absolute Gasteiger partial charge is 0.372 e. The van der Waals surface area contributed by atoms with Gasteiger partial charge in [0.2, 0.25) is 11.7 Å². The minimum atomic E-state index is -1.60. The van der Waals surface area contributed by atoms with Crippen LogP contribution in [0.1, 0.15) is 23.1 Å². The van der Waals surface area contributed by atoms with Gasteiger partial charge in [0, 0.05) is 5.69 Å². The Morgan fingerprint density at radius 2 is 1.27 bits per heavy atom. The van der Waals surface area contributed by atoms with Gasteiger partial charge < -0.3 is 10.0 Å². The Morgan fingerprint density at radius 1 is 0.667 bits per heavy atom. The SMILES string of the molecule is O=C(O)C(=O)CC(=O)N(Cc1ccc2ccccc2c1)c1ccc(Cc2ccccc2)cc1. The van der Waals surface area contributed by atoms with E-state index in [1.54, 1.807) is 0 Å². The van der Waals surface area contributed by atoms with Crippen LogP contribution in [-0.2, 0) is 27.3 Å². The number of hydrogen-bond acceptors (Lipinski definition) is 3. The molecule has 0 aliphatic heterocycles. The van der Waals surface area contributed by atoms with Crippen LogP contribution in [0.2, 0.25) is 0 Å². The van der Waals surface area contributed by atoms with Gasteiger partial charge in [0.25, 0.3) is 0 Å². The van der Waals surface area contributed by atoms with Crippen molar-refractivity contribution in [3.05, 3.63) is 114 Å². The molecule has 1 N–H and O–H groups in total. The molecule has 164 valence electrons. The summed E-state index contributed by atoms with van der Waals surface area (Å²) >= 11 is 0. The summed E-state index contributed by atoms with van der Waals surface area (Å²) in [5.41, 5.74) is 3.77. The second-order valence-corrected chi connectivity index (χ2v) is 7.90. The van der Waals surface area contributed by atoms with E-state index in [9.17, 15) is 14.4 Å². The maximum atomic E-state index is 12.9. The molecule has 0 radical (unpaired) electrons. The lowest BCUT2D eigenvalue weighted by molar-refractivity contribution is -0.150. The monoisotopic (exact) mass is 437 g/mol. The van der Waals surface area contributed by atoms with Crippen LogP contribution in [0.5, 0.6) is 0 Å². The van der Waals surface area contributed by atoms with Crippen LogP contribution < -0.4 is 4.90 Å². The molecule has 0 aliphatic carbocycles. The molecule has 4 aromatic rings. The summed E-state index contributed by atoms with van der Waals surface area (Å²) in [7, 11) is 0. The maximum absolute atomic E-state index is 12.9. The zero-order chi connectivity index (χ0) is 23.2. The van der Waals surface area contributed by atoms with Crippen LogP contribution in [0.3, 0.4) is 0 Å². The topological polar surface area (TPSA) is 74.7 Å². The number of hydrogen-bond donors (Lipinski definition) is 1. The number of anilines is 1. The first-order valence-electron chi connectivity index (χ1n) is 10.7. The number of rotatable bonds is 8. The van der Waals surface area contributed by atoms with E-state index in [0.29, 0.717) is 5.69 Å². The molecule has 0 saturated heterocycles. The van der Waals surface area contributed by atoms with E-state index in [1.807, 2.05) is 84.9 Å². The number of ketones is 1. The van der Waals surface area contributed by atoms with Gasteiger partial charge in [0.15, 0.2) is 0 Å². The quantitative estimate of drug-likeness (QED) is 0.311. The molecule has 5 nitrogen and oxygen atoms in total. The number of carbonyl (C=O) groups is 3. The molecule has 0 fully saturated rings. The predicted octanol–water partition coefficient (Wildman–Crippen LogP) is 5.01. The number of benzene rings is 4. The minimum Gasteiger partial charge on any atom is -0.475 e. The second kappa shape index (κ2) is 9.92. The summed E-state index contributed by atoms with van der Waals surface area (Å²) in [6.07, 6.45) is 0.0753. The lowest BCUT2D eigenvalue weighted by Gasteiger charge is -2.23. The van der Waals surface area contributed by atoms with Crippen LogP contribution in [0.4, 0.5) is 5.69 Å². The zero-order valence-corrected chi connectivity index (χ0v) is 18.0. The number of aliphatic carboxylic acids is 1. The molecule has 0 spiro atoms. The standard InChI is InChI=1S/C28H23NO4/c30-26(28(32)33)18-27(31)29(19-22-10-13-23-8-4-5-9-24(23)17-22)25-14-11-21(12-15-25)16-20-6-2-1-3-7-20/h1-15,17H,16,18-19H2,(H,32,33). The highest BCUT2D eigenvalue weighted by molar-refractivity contribution is 6.36. The van der Waals surface area contributed by atoms with Crippen molar-refractivity contribution < 1.29 is 19.5 Å². The third kappa shape index (κ3) is 5.52. The molecule has 0 aromatic heterocycles. The summed E-state index contributed by atoms with van der Waals surface area (Å²) in [6.45, 7) is 0.231. The Morgan fingerprint density at radius 3 is 1.97 bits per heavy atom. The van der Waals surface area contributed by atoms with Crippen LogP contribution in [-0.4, -0.2) is 22.8 Å². The van der Waals surface area contributed by atoms with Crippen molar-refractivity contribution in [2.24, 2.45) is 0 Å². The molecule has 0 saturated carbocycles. The lowest BCUT2D eigenvalue weighted by atomic mass is 10.0. The van der Waals surface area contributed by atoms with Crippen molar-refractivity contribution in [3.63, 3.8) is 0 Å². The van der Waals surface area contributed by atoms with Crippen LogP contribution in [0.15, 0.2) is 97.1 Å². The largest absolute Gasteiger partial charge is 0.475 e. The van der Waals surface area contributed by atoms with Crippen molar-refractivity contribution in [3.8, 4) is 0 Å². The Labute approximate surface area is 191 Å². The predicted molar refractivity (Wildman–Crippen MR) is 128 cm³/mol. The van der Waals surface area contributed by atoms with Gasteiger partial charge in [0.1, 0.15) is 0 Å². The Hall–Kier alpha value is -4.25. The van der Waals surface area contributed by atoms with Gasteiger partial charge in [-0.15, -0.1) is 0 Å². The summed E-state index contributed by atoms with van der Waals surface area (Å²) in [5, 5.41) is 11.1. The van der Waals surface area contributed by atoms with Gasteiger partial charge in [-0.1, -0.05) is 78.9 Å². The molecule has 1 amide bonds. The first-order valence-corrected chi connectivity index (χ1v) is 10.7. The normalized spacial score (nSPS) is 10.7. The van der Waals surface area contributed by atoms with Crippen LogP contribution in [0.25, 0.3) is 10.8 Å². The molecule has 5 heteroatoms. The number of fused-ring (bicyclic) bond motifs is 1. The third-order valence-electron chi connectivity index (χ3n) is 5.51. The molecule has 4 rings (SSSR count). The van der Waals surface area contributed by atoms with Gasteiger partial charge in [-0.3, -0.25) is 9.59 Å². The van der Waals surface area contributed by atoms with Gasteiger partial charge in [-0.05, 0) is 52.1 Å². The molecule has 0 aliphatic rings. The number of nitrogens with zero attached hydrogens (tertiary/aromatic N) is 1. The molecular weight excluding hydrogens is 414 g/mol. The first-order chi connectivity index (χ1) is 16.0. The van der Waals surface area contributed by atoms with Gasteiger partial charge in [0.05, 0.1) is 13.0 Å². The van der Waals surface area contributed by atoms with Gasteiger partial charge >= 0.3 is 5.97 Å². The number of Topliss-reactive ketones (excluding diaryl/α,β-unsaturated/α-hetero) is 1. The highest BCUT2D eigenvalue weighted by Crippen LogP contribution is 2.23. The van der Waals surface area contributed by atoms with Crippen LogP contribution >= 0.6 is 0 Å². The molecule has 0 unspecified atom stereocenters. The van der Waals surface area contributed by atoms with E-state index in [0.717, 1.165) is 28.3 Å². The molecule has 4 aromatic carbocycles. The highest BCUT2D eigenvalue weighted by atomic mass is 16.4. The molecule has 0 heterocycles. The van der Waals surface area contributed by atoms with Crippen molar-refractivity contribution in [1.82, 2.24) is 0 Å². The fourth-order valence-electron chi connectivity index (χ4n) is 3.78. The average Bonchev–Trinajstić information content (AvgIpc) is 2.83. The molecule has 33 heavy (non-hydrogen) atoms. The van der Waals surface area contributed by atoms with E-state index in [2.05, 4.69) is 12.1 Å². The second-order valence-electron chi connectivity index (χ2n) is 7.90. The highest BCUT2D eigenvalue weighted by Gasteiger charge is 2.23. The number of carboxylic acids is 1. The Kier molecular flexibility index (Phi) is 6.60. The fourth-order valence-corrected chi connectivity index (χ4v) is 3.78. The van der Waals surface area contributed by atoms with Crippen molar-refractivity contribution in [1.29, 1.82) is 0 Å². The van der Waals surface area contributed by atoms with Crippen LogP contribution in [0, 0.1) is 0 Å². The number of carbonyl (C=O) groups excluding carboxylic acids is 2. The van der Waals surface area contributed by atoms with E-state index in [-0.39, 0.29) is 6.54 Å². The summed E-state index contributed by atoms with van der Waals surface area (Å²) in [6, 6.07) is 31.5. The number of carboxylic acid groups (broad SMARTS) is 1. The maximum Gasteiger partial charge on any atom is 0.372 e. The zero-order valence-electron chi connectivity index (χ0n) is 18.0. The van der Waals surface area contributed by atoms with Gasteiger partial charge in [-0.2, -0.15) is 0 Å². The van der Waals surface area contributed by atoms with Gasteiger partial charge in [-0.25, -0.2) is 4.79 Å². The lowest BCUT2D eigenvalue weighted by Crippen LogP contribution is -2.33. The molecular formula is C28H23NO4. The summed E-state index contributed by atoms with van der Waals surface area (Å²) in [5.74, 6) is -3.28. The summed E-state index contributed by atoms with van der Waals surface area (Å²) in [4.78, 5) is 37.1. The van der Waals surface area contributed by atoms with Crippen molar-refractivity contribution in [2.75, 3.05) is 4.90 Å². The van der Waals surface area contributed by atoms with E-state index < -0.39 is 24.1 Å². The summed E-state index contributed by atoms with van der Waals surface area (Å²) < 4.78 is 0. The molecule has 0 atom stereocenters. The minimum absolute atomic E-state index is 0.231. The first kappa shape index (κ1) is 22.0. The van der Waals surface area contributed by atoms with E-state index in [4.69, 9.17) is 5.11 Å². The Balaban J connectivity index is 1.60. The fraction of sp³-hybridized carbons (Fsp3) is 0.107. The third-order valence-corrected chi connectivity index (χ3v) is 5.51. The van der Waals surface area contributed by atoms with E-state index in [1.165, 1.54) is 10.5 Å². The van der Waals surface area contributed by atoms with Crippen molar-refractivity contribution >= 4 is 34.1 Å². The Bertz CT molecular complexity index is 1300. The average molecular weight is 437 g/mol. The molecule has 0 bridgehead atoms. The number of amides is 1. The van der Waals surface area contributed by atoms with Crippen molar-refractivity contribution in [2.45, 2.75) is 19.4 Å². The van der Waals surface area contributed by atoms with E-state index >= 15 is 0 Å².